The van der Waals surface area contributed by atoms with Crippen LogP contribution in [0.3, 0.4) is 0 Å². The summed E-state index contributed by atoms with van der Waals surface area (Å²) in [4.78, 5) is 24.3. The van der Waals surface area contributed by atoms with Crippen molar-refractivity contribution in [1.29, 1.82) is 0 Å². The first-order valence-electron chi connectivity index (χ1n) is 6.71. The van der Waals surface area contributed by atoms with E-state index in [0.29, 0.717) is 19.5 Å². The third kappa shape index (κ3) is 3.53. The smallest absolute Gasteiger partial charge is 0.282 e. The zero-order valence-corrected chi connectivity index (χ0v) is 13.2. The summed E-state index contributed by atoms with van der Waals surface area (Å²) in [6, 6.07) is 2.88. The van der Waals surface area contributed by atoms with Crippen LogP contribution in [-0.2, 0) is 0 Å². The van der Waals surface area contributed by atoms with Crippen LogP contribution in [0.15, 0.2) is 18.2 Å². The first-order valence-corrected chi connectivity index (χ1v) is 6.71. The summed E-state index contributed by atoms with van der Waals surface area (Å²) in [5, 5.41) is 11.0. The van der Waals surface area contributed by atoms with Crippen molar-refractivity contribution in [3.8, 4) is 0 Å². The van der Waals surface area contributed by atoms with E-state index < -0.39 is 16.6 Å². The molecule has 122 valence electrons. The van der Waals surface area contributed by atoms with Crippen LogP contribution in [0.25, 0.3) is 0 Å². The van der Waals surface area contributed by atoms with Gasteiger partial charge in [0.25, 0.3) is 11.6 Å². The molecular formula is C14H19ClFN3O3. The van der Waals surface area contributed by atoms with Crippen LogP contribution >= 0.6 is 12.4 Å². The Morgan fingerprint density at radius 3 is 2.68 bits per heavy atom. The van der Waals surface area contributed by atoms with Crippen LogP contribution in [0.1, 0.15) is 30.6 Å². The standard InChI is InChI=1S/C14H18FN3O3.ClH/c1-14(2)8-17(6-5-12(14)16)13(19)10-7-9(15)3-4-11(10)18(20)21;/h3-4,7,12H,5-6,8,16H2,1-2H3;1H. The number of halogens is 2. The summed E-state index contributed by atoms with van der Waals surface area (Å²) < 4.78 is 13.3. The highest BCUT2D eigenvalue weighted by Gasteiger charge is 2.37. The molecule has 2 rings (SSSR count). The number of hydrogen-bond acceptors (Lipinski definition) is 4. The van der Waals surface area contributed by atoms with E-state index in [2.05, 4.69) is 0 Å². The van der Waals surface area contributed by atoms with E-state index in [1.165, 1.54) is 4.90 Å². The number of piperidine rings is 1. The van der Waals surface area contributed by atoms with E-state index in [0.717, 1.165) is 18.2 Å². The highest BCUT2D eigenvalue weighted by Crippen LogP contribution is 2.30. The number of amides is 1. The molecule has 1 aromatic carbocycles. The van der Waals surface area contributed by atoms with Crippen LogP contribution in [0.2, 0.25) is 0 Å². The lowest BCUT2D eigenvalue weighted by Crippen LogP contribution is -2.54. The number of carbonyl (C=O) groups is 1. The van der Waals surface area contributed by atoms with Crippen molar-refractivity contribution in [2.45, 2.75) is 26.3 Å². The zero-order valence-electron chi connectivity index (χ0n) is 12.4. The molecule has 0 aromatic heterocycles. The molecule has 8 heteroatoms. The highest BCUT2D eigenvalue weighted by molar-refractivity contribution is 5.98. The SMILES string of the molecule is CC1(C)CN(C(=O)c2cc(F)ccc2[N+](=O)[O-])CCC1N.Cl. The van der Waals surface area contributed by atoms with Crippen LogP contribution in [0.4, 0.5) is 10.1 Å². The molecule has 1 aliphatic heterocycles. The van der Waals surface area contributed by atoms with Gasteiger partial charge in [-0.25, -0.2) is 4.39 Å². The number of nitrogens with zero attached hydrogens (tertiary/aromatic N) is 2. The molecule has 1 fully saturated rings. The minimum absolute atomic E-state index is 0. The summed E-state index contributed by atoms with van der Waals surface area (Å²) in [6.45, 7) is 4.69. The van der Waals surface area contributed by atoms with Crippen molar-refractivity contribution in [3.63, 3.8) is 0 Å². The van der Waals surface area contributed by atoms with Gasteiger partial charge >= 0.3 is 0 Å². The minimum atomic E-state index is -0.673. The van der Waals surface area contributed by atoms with Gasteiger partial charge in [-0.2, -0.15) is 0 Å². The number of carbonyl (C=O) groups excluding carboxylic acids is 1. The lowest BCUT2D eigenvalue weighted by molar-refractivity contribution is -0.385. The molecular weight excluding hydrogens is 313 g/mol. The molecule has 1 amide bonds. The number of nitro benzene ring substituents is 1. The maximum atomic E-state index is 13.3. The molecule has 1 aliphatic rings. The van der Waals surface area contributed by atoms with Crippen molar-refractivity contribution in [1.82, 2.24) is 4.90 Å². The third-order valence-corrected chi connectivity index (χ3v) is 3.99. The summed E-state index contributed by atoms with van der Waals surface area (Å²) in [6.07, 6.45) is 0.613. The molecule has 1 unspecified atom stereocenters. The van der Waals surface area contributed by atoms with E-state index in [4.69, 9.17) is 5.73 Å². The third-order valence-electron chi connectivity index (χ3n) is 3.99. The van der Waals surface area contributed by atoms with Gasteiger partial charge in [-0.1, -0.05) is 13.8 Å². The molecule has 6 nitrogen and oxygen atoms in total. The quantitative estimate of drug-likeness (QED) is 0.665. The van der Waals surface area contributed by atoms with E-state index in [9.17, 15) is 19.3 Å². The topological polar surface area (TPSA) is 89.5 Å². The monoisotopic (exact) mass is 331 g/mol. The Hall–Kier alpha value is -1.73. The summed E-state index contributed by atoms with van der Waals surface area (Å²) in [5.41, 5.74) is 5.13. The number of nitrogens with two attached hydrogens (primary N) is 1. The van der Waals surface area contributed by atoms with Crippen LogP contribution in [0.5, 0.6) is 0 Å². The summed E-state index contributed by atoms with van der Waals surface area (Å²) in [5.74, 6) is -1.20. The number of benzene rings is 1. The van der Waals surface area contributed by atoms with Crippen molar-refractivity contribution < 1.29 is 14.1 Å². The van der Waals surface area contributed by atoms with Gasteiger partial charge in [-0.3, -0.25) is 14.9 Å². The zero-order chi connectivity index (χ0) is 15.8. The number of hydrogen-bond donors (Lipinski definition) is 1. The van der Waals surface area contributed by atoms with Crippen LogP contribution < -0.4 is 5.73 Å². The molecule has 0 aliphatic carbocycles. The van der Waals surface area contributed by atoms with Crippen molar-refractivity contribution in [2.24, 2.45) is 11.1 Å². The van der Waals surface area contributed by atoms with Gasteiger partial charge in [-0.05, 0) is 24.0 Å². The van der Waals surface area contributed by atoms with E-state index in [1.54, 1.807) is 0 Å². The van der Waals surface area contributed by atoms with Crippen LogP contribution in [0, 0.1) is 21.3 Å². The normalized spacial score (nSPS) is 20.2. The fourth-order valence-electron chi connectivity index (χ4n) is 2.56. The Morgan fingerprint density at radius 1 is 1.50 bits per heavy atom. The van der Waals surface area contributed by atoms with Crippen molar-refractivity contribution in [2.75, 3.05) is 13.1 Å². The van der Waals surface area contributed by atoms with E-state index >= 15 is 0 Å². The largest absolute Gasteiger partial charge is 0.338 e. The number of rotatable bonds is 2. The molecule has 0 saturated carbocycles. The molecule has 0 spiro atoms. The maximum absolute atomic E-state index is 13.3. The number of likely N-dealkylation sites (tertiary alicyclic amines) is 1. The average molecular weight is 332 g/mol. The predicted molar refractivity (Wildman–Crippen MR) is 82.6 cm³/mol. The lowest BCUT2D eigenvalue weighted by Gasteiger charge is -2.42. The minimum Gasteiger partial charge on any atom is -0.338 e. The summed E-state index contributed by atoms with van der Waals surface area (Å²) in [7, 11) is 0. The predicted octanol–water partition coefficient (Wildman–Crippen LogP) is 2.36. The Morgan fingerprint density at radius 2 is 2.14 bits per heavy atom. The Balaban J connectivity index is 0.00000242. The first kappa shape index (κ1) is 18.3. The fraction of sp³-hybridized carbons (Fsp3) is 0.500. The highest BCUT2D eigenvalue weighted by atomic mass is 35.5. The Kier molecular flexibility index (Phi) is 5.48. The Bertz CT molecular complexity index is 595. The van der Waals surface area contributed by atoms with Gasteiger partial charge in [0.1, 0.15) is 11.4 Å². The fourth-order valence-corrected chi connectivity index (χ4v) is 2.56. The second kappa shape index (κ2) is 6.58. The van der Waals surface area contributed by atoms with Crippen LogP contribution in [-0.4, -0.2) is 34.9 Å². The lowest BCUT2D eigenvalue weighted by atomic mass is 9.79. The molecule has 0 radical (unpaired) electrons. The molecule has 1 heterocycles. The van der Waals surface area contributed by atoms with E-state index in [-0.39, 0.29) is 35.1 Å². The van der Waals surface area contributed by atoms with Gasteiger partial charge in [0.05, 0.1) is 4.92 Å². The molecule has 22 heavy (non-hydrogen) atoms. The van der Waals surface area contributed by atoms with Gasteiger partial charge in [0.15, 0.2) is 0 Å². The molecule has 1 aromatic rings. The molecule has 1 atom stereocenters. The van der Waals surface area contributed by atoms with Gasteiger partial charge < -0.3 is 10.6 Å². The van der Waals surface area contributed by atoms with Crippen molar-refractivity contribution in [3.05, 3.63) is 39.7 Å². The Labute approximate surface area is 134 Å². The van der Waals surface area contributed by atoms with E-state index in [1.807, 2.05) is 13.8 Å². The molecule has 2 N–H and O–H groups in total. The maximum Gasteiger partial charge on any atom is 0.282 e. The molecule has 0 bridgehead atoms. The van der Waals surface area contributed by atoms with Gasteiger partial charge in [0.2, 0.25) is 0 Å². The molecule has 1 saturated heterocycles. The first-order chi connectivity index (χ1) is 9.72. The average Bonchev–Trinajstić information content (AvgIpc) is 2.40. The van der Waals surface area contributed by atoms with Gasteiger partial charge in [-0.15, -0.1) is 12.4 Å². The van der Waals surface area contributed by atoms with Crippen molar-refractivity contribution >= 4 is 24.0 Å². The second-order valence-electron chi connectivity index (χ2n) is 6.03. The summed E-state index contributed by atoms with van der Waals surface area (Å²) >= 11 is 0. The second-order valence-corrected chi connectivity index (χ2v) is 6.03. The number of nitro groups is 1. The van der Waals surface area contributed by atoms with Gasteiger partial charge in [0, 0.05) is 25.2 Å².